The van der Waals surface area contributed by atoms with Gasteiger partial charge in [0.1, 0.15) is 18.0 Å². The molecule has 0 aliphatic rings. The second kappa shape index (κ2) is 16.7. The molecule has 0 spiro atoms. The number of esters is 1. The summed E-state index contributed by atoms with van der Waals surface area (Å²) in [7, 11) is 3.19. The van der Waals surface area contributed by atoms with E-state index < -0.39 is 18.3 Å². The van der Waals surface area contributed by atoms with Crippen LogP contribution < -0.4 is 4.74 Å². The summed E-state index contributed by atoms with van der Waals surface area (Å²) in [5.41, 5.74) is 1.99. The third-order valence-corrected chi connectivity index (χ3v) is 5.83. The van der Waals surface area contributed by atoms with E-state index in [1.54, 1.807) is 20.3 Å². The van der Waals surface area contributed by atoms with Gasteiger partial charge in [0.15, 0.2) is 0 Å². The predicted octanol–water partition coefficient (Wildman–Crippen LogP) is 6.04. The molecule has 0 aliphatic heterocycles. The number of rotatable bonds is 18. The lowest BCUT2D eigenvalue weighted by molar-refractivity contribution is -0.161. The van der Waals surface area contributed by atoms with Crippen LogP contribution in [0.3, 0.4) is 0 Å². The minimum Gasteiger partial charge on any atom is -0.497 e. The third-order valence-electron chi connectivity index (χ3n) is 5.83. The Labute approximate surface area is 215 Å². The summed E-state index contributed by atoms with van der Waals surface area (Å²) in [5.74, 6) is 0.432. The highest BCUT2D eigenvalue weighted by Gasteiger charge is 2.32. The van der Waals surface area contributed by atoms with Gasteiger partial charge in [-0.2, -0.15) is 0 Å². The minimum absolute atomic E-state index is 0.0363. The van der Waals surface area contributed by atoms with Gasteiger partial charge in [-0.05, 0) is 49.4 Å². The van der Waals surface area contributed by atoms with E-state index in [0.717, 1.165) is 36.1 Å². The Morgan fingerprint density at radius 3 is 2.22 bits per heavy atom. The maximum Gasteiger partial charge on any atom is 0.308 e. The van der Waals surface area contributed by atoms with Crippen molar-refractivity contribution >= 4 is 5.97 Å². The number of ether oxygens (including phenoxy) is 5. The smallest absolute Gasteiger partial charge is 0.308 e. The van der Waals surface area contributed by atoms with E-state index in [2.05, 4.69) is 13.2 Å². The van der Waals surface area contributed by atoms with Crippen molar-refractivity contribution in [2.24, 2.45) is 0 Å². The highest BCUT2D eigenvalue weighted by atomic mass is 16.6. The SMILES string of the molecule is C=CCCC[C@H](C)OC(=O)C[C@@H](OC)[C@H](OCc1ccc(OC)cc1)[C@H](C=C)OCc1ccccc1. The van der Waals surface area contributed by atoms with E-state index in [9.17, 15) is 4.79 Å². The third kappa shape index (κ3) is 10.4. The van der Waals surface area contributed by atoms with Crippen molar-refractivity contribution in [3.05, 3.63) is 91.0 Å². The first-order chi connectivity index (χ1) is 17.5. The molecule has 0 amide bonds. The quantitative estimate of drug-likeness (QED) is 0.142. The van der Waals surface area contributed by atoms with E-state index in [-0.39, 0.29) is 18.5 Å². The van der Waals surface area contributed by atoms with Gasteiger partial charge in [-0.3, -0.25) is 4.79 Å². The first kappa shape index (κ1) is 29.3. The molecule has 0 N–H and O–H groups in total. The molecule has 0 saturated carbocycles. The monoisotopic (exact) mass is 496 g/mol. The van der Waals surface area contributed by atoms with Crippen LogP contribution in [0.2, 0.25) is 0 Å². The number of carbonyl (C=O) groups excluding carboxylic acids is 1. The number of unbranched alkanes of at least 4 members (excludes halogenated alkanes) is 1. The lowest BCUT2D eigenvalue weighted by Gasteiger charge is -2.31. The fraction of sp³-hybridized carbons (Fsp3) is 0.433. The second-order valence-corrected chi connectivity index (χ2v) is 8.62. The average Bonchev–Trinajstić information content (AvgIpc) is 2.90. The van der Waals surface area contributed by atoms with Gasteiger partial charge in [-0.1, -0.05) is 54.6 Å². The number of hydrogen-bond acceptors (Lipinski definition) is 6. The van der Waals surface area contributed by atoms with Crippen molar-refractivity contribution < 1.29 is 28.5 Å². The number of methoxy groups -OCH3 is 2. The van der Waals surface area contributed by atoms with Crippen molar-refractivity contribution in [1.82, 2.24) is 0 Å². The predicted molar refractivity (Wildman–Crippen MR) is 142 cm³/mol. The molecule has 4 atom stereocenters. The normalized spacial score (nSPS) is 14.3. The molecule has 0 heterocycles. The van der Waals surface area contributed by atoms with Gasteiger partial charge in [-0.25, -0.2) is 0 Å². The van der Waals surface area contributed by atoms with Crippen molar-refractivity contribution in [2.45, 2.75) is 70.2 Å². The van der Waals surface area contributed by atoms with Crippen LogP contribution in [-0.4, -0.2) is 44.6 Å². The molecule has 6 nitrogen and oxygen atoms in total. The van der Waals surface area contributed by atoms with Crippen LogP contribution >= 0.6 is 0 Å². The fourth-order valence-corrected chi connectivity index (χ4v) is 3.77. The van der Waals surface area contributed by atoms with Crippen LogP contribution in [0.5, 0.6) is 5.75 Å². The molecule has 2 aromatic rings. The molecule has 0 unspecified atom stereocenters. The van der Waals surface area contributed by atoms with Crippen LogP contribution in [0.15, 0.2) is 79.9 Å². The summed E-state index contributed by atoms with van der Waals surface area (Å²) in [5, 5.41) is 0. The maximum absolute atomic E-state index is 12.7. The Hall–Kier alpha value is -2.93. The number of allylic oxidation sites excluding steroid dienone is 1. The van der Waals surface area contributed by atoms with Gasteiger partial charge in [-0.15, -0.1) is 13.2 Å². The summed E-state index contributed by atoms with van der Waals surface area (Å²) >= 11 is 0. The lowest BCUT2D eigenvalue weighted by atomic mass is 10.0. The van der Waals surface area contributed by atoms with Crippen LogP contribution in [0.4, 0.5) is 0 Å². The molecule has 196 valence electrons. The van der Waals surface area contributed by atoms with Gasteiger partial charge in [0, 0.05) is 7.11 Å². The van der Waals surface area contributed by atoms with E-state index in [1.807, 2.05) is 67.6 Å². The van der Waals surface area contributed by atoms with Gasteiger partial charge >= 0.3 is 5.97 Å². The van der Waals surface area contributed by atoms with Gasteiger partial charge in [0.25, 0.3) is 0 Å². The Bertz CT molecular complexity index is 895. The standard InChI is InChI=1S/C30H40O6/c1-6-8-10-13-23(3)36-29(31)20-28(33-5)30(35-22-25-16-18-26(32-4)19-17-25)27(7-2)34-21-24-14-11-9-12-15-24/h6-7,9,11-12,14-19,23,27-28,30H,1-2,8,10,13,20-22H2,3-5H3/t23-,27-,28+,30+/m0/s1. The van der Waals surface area contributed by atoms with Crippen molar-refractivity contribution in [3.8, 4) is 5.75 Å². The molecule has 0 fully saturated rings. The molecule has 0 saturated heterocycles. The Morgan fingerprint density at radius 2 is 1.61 bits per heavy atom. The van der Waals surface area contributed by atoms with E-state index in [1.165, 1.54) is 0 Å². The van der Waals surface area contributed by atoms with Crippen molar-refractivity contribution in [1.29, 1.82) is 0 Å². The summed E-state index contributed by atoms with van der Waals surface area (Å²) in [6.07, 6.45) is 4.33. The highest BCUT2D eigenvalue weighted by Crippen LogP contribution is 2.21. The number of benzene rings is 2. The zero-order valence-electron chi connectivity index (χ0n) is 21.8. The molecule has 36 heavy (non-hydrogen) atoms. The fourth-order valence-electron chi connectivity index (χ4n) is 3.77. The zero-order valence-corrected chi connectivity index (χ0v) is 21.8. The van der Waals surface area contributed by atoms with E-state index in [0.29, 0.717) is 13.2 Å². The van der Waals surface area contributed by atoms with Crippen LogP contribution in [0, 0.1) is 0 Å². The molecule has 0 bridgehead atoms. The molecule has 0 aliphatic carbocycles. The molecular weight excluding hydrogens is 456 g/mol. The first-order valence-corrected chi connectivity index (χ1v) is 12.4. The molecule has 2 rings (SSSR count). The molecule has 0 radical (unpaired) electrons. The highest BCUT2D eigenvalue weighted by molar-refractivity contribution is 5.70. The largest absolute Gasteiger partial charge is 0.497 e. The van der Waals surface area contributed by atoms with Crippen LogP contribution in [0.25, 0.3) is 0 Å². The molecular formula is C30H40O6. The van der Waals surface area contributed by atoms with Crippen molar-refractivity contribution in [2.75, 3.05) is 14.2 Å². The summed E-state index contributed by atoms with van der Waals surface area (Å²) in [6, 6.07) is 17.5. The van der Waals surface area contributed by atoms with E-state index in [4.69, 9.17) is 23.7 Å². The Morgan fingerprint density at radius 1 is 0.944 bits per heavy atom. The lowest BCUT2D eigenvalue weighted by Crippen LogP contribution is -2.42. The van der Waals surface area contributed by atoms with Gasteiger partial charge in [0.05, 0.1) is 39.0 Å². The number of carbonyl (C=O) groups is 1. The summed E-state index contributed by atoms with van der Waals surface area (Å²) in [4.78, 5) is 12.7. The van der Waals surface area contributed by atoms with E-state index >= 15 is 0 Å². The van der Waals surface area contributed by atoms with Gasteiger partial charge < -0.3 is 23.7 Å². The topological polar surface area (TPSA) is 63.2 Å². The zero-order chi connectivity index (χ0) is 26.2. The molecule has 6 heteroatoms. The first-order valence-electron chi connectivity index (χ1n) is 12.4. The summed E-state index contributed by atoms with van der Waals surface area (Å²) in [6.45, 7) is 10.3. The van der Waals surface area contributed by atoms with Crippen molar-refractivity contribution in [3.63, 3.8) is 0 Å². The van der Waals surface area contributed by atoms with Crippen LogP contribution in [-0.2, 0) is 37.0 Å². The maximum atomic E-state index is 12.7. The minimum atomic E-state index is -0.588. The molecule has 0 aromatic heterocycles. The number of hydrogen-bond donors (Lipinski definition) is 0. The summed E-state index contributed by atoms with van der Waals surface area (Å²) < 4.78 is 29.1. The Kier molecular flexibility index (Phi) is 13.6. The average molecular weight is 497 g/mol. The van der Waals surface area contributed by atoms with Gasteiger partial charge in [0.2, 0.25) is 0 Å². The molecule has 2 aromatic carbocycles. The van der Waals surface area contributed by atoms with Crippen LogP contribution in [0.1, 0.15) is 43.7 Å². The second-order valence-electron chi connectivity index (χ2n) is 8.62. The Balaban J connectivity index is 2.11.